The Hall–Kier alpha value is -1.62. The van der Waals surface area contributed by atoms with Crippen LogP contribution in [-0.4, -0.2) is 42.5 Å². The summed E-state index contributed by atoms with van der Waals surface area (Å²) in [6.07, 6.45) is 2.67. The maximum absolute atomic E-state index is 11.8. The molecule has 1 fully saturated rings. The van der Waals surface area contributed by atoms with Gasteiger partial charge < -0.3 is 15.0 Å². The third-order valence-corrected chi connectivity index (χ3v) is 2.82. The van der Waals surface area contributed by atoms with E-state index in [-0.39, 0.29) is 5.91 Å². The molecule has 2 heterocycles. The molecule has 0 spiro atoms. The molecule has 0 atom stereocenters. The van der Waals surface area contributed by atoms with Crippen molar-refractivity contribution in [1.29, 1.82) is 0 Å². The number of rotatable bonds is 3. The van der Waals surface area contributed by atoms with Gasteiger partial charge in [0.25, 0.3) is 0 Å². The van der Waals surface area contributed by atoms with Gasteiger partial charge in [-0.25, -0.2) is 4.98 Å². The molecular formula is C12H17N3O2. The molecule has 0 aliphatic carbocycles. The Bertz CT molecular complexity index is 395. The van der Waals surface area contributed by atoms with E-state index in [4.69, 9.17) is 4.74 Å². The van der Waals surface area contributed by atoms with Crippen molar-refractivity contribution in [2.24, 2.45) is 0 Å². The predicted molar refractivity (Wildman–Crippen MR) is 63.7 cm³/mol. The number of aromatic nitrogens is 1. The highest BCUT2D eigenvalue weighted by Crippen LogP contribution is 2.16. The third kappa shape index (κ3) is 2.94. The number of hydrogen-bond donors (Lipinski definition) is 1. The molecule has 1 aliphatic rings. The second-order valence-corrected chi connectivity index (χ2v) is 4.02. The highest BCUT2D eigenvalue weighted by atomic mass is 16.5. The predicted octanol–water partition coefficient (Wildman–Crippen LogP) is 0.412. The summed E-state index contributed by atoms with van der Waals surface area (Å²) in [4.78, 5) is 17.8. The lowest BCUT2D eigenvalue weighted by Gasteiger charge is -2.20. The monoisotopic (exact) mass is 235 g/mol. The fraction of sp³-hybridized carbons (Fsp3) is 0.500. The molecule has 0 unspecified atom stereocenters. The SMILES string of the molecule is COc1ncccc1CN1CCCNCC1=O. The zero-order valence-corrected chi connectivity index (χ0v) is 9.98. The fourth-order valence-electron chi connectivity index (χ4n) is 1.93. The van der Waals surface area contributed by atoms with Gasteiger partial charge in [0, 0.05) is 18.3 Å². The molecule has 1 aliphatic heterocycles. The summed E-state index contributed by atoms with van der Waals surface area (Å²) in [7, 11) is 1.59. The van der Waals surface area contributed by atoms with E-state index < -0.39 is 0 Å². The first kappa shape index (κ1) is 11.9. The second-order valence-electron chi connectivity index (χ2n) is 4.02. The summed E-state index contributed by atoms with van der Waals surface area (Å²) in [5.41, 5.74) is 0.949. The standard InChI is InChI=1S/C12H17N3O2/c1-17-12-10(4-2-6-14-12)9-15-7-3-5-13-8-11(15)16/h2,4,6,13H,3,5,7-9H2,1H3. The van der Waals surface area contributed by atoms with Crippen molar-refractivity contribution >= 4 is 5.91 Å². The molecule has 92 valence electrons. The van der Waals surface area contributed by atoms with Crippen LogP contribution in [-0.2, 0) is 11.3 Å². The van der Waals surface area contributed by atoms with Gasteiger partial charge in [-0.2, -0.15) is 0 Å². The highest BCUT2D eigenvalue weighted by molar-refractivity contribution is 5.78. The maximum Gasteiger partial charge on any atom is 0.236 e. The molecule has 5 heteroatoms. The summed E-state index contributed by atoms with van der Waals surface area (Å²) < 4.78 is 5.19. The molecule has 1 N–H and O–H groups in total. The van der Waals surface area contributed by atoms with Crippen LogP contribution in [0.25, 0.3) is 0 Å². The van der Waals surface area contributed by atoms with E-state index in [9.17, 15) is 4.79 Å². The van der Waals surface area contributed by atoms with Crippen molar-refractivity contribution in [1.82, 2.24) is 15.2 Å². The third-order valence-electron chi connectivity index (χ3n) is 2.82. The van der Waals surface area contributed by atoms with Crippen LogP contribution in [0.5, 0.6) is 5.88 Å². The first-order chi connectivity index (χ1) is 8.31. The zero-order chi connectivity index (χ0) is 12.1. The molecule has 1 aromatic heterocycles. The topological polar surface area (TPSA) is 54.5 Å². The lowest BCUT2D eigenvalue weighted by molar-refractivity contribution is -0.130. The summed E-state index contributed by atoms with van der Waals surface area (Å²) in [6, 6.07) is 3.80. The van der Waals surface area contributed by atoms with Crippen molar-refractivity contribution < 1.29 is 9.53 Å². The average Bonchev–Trinajstić information content (AvgIpc) is 2.56. The summed E-state index contributed by atoms with van der Waals surface area (Å²) in [5.74, 6) is 0.728. The number of methoxy groups -OCH3 is 1. The molecule has 2 rings (SSSR count). The van der Waals surface area contributed by atoms with Crippen LogP contribution in [0.2, 0.25) is 0 Å². The first-order valence-corrected chi connectivity index (χ1v) is 5.77. The van der Waals surface area contributed by atoms with Crippen LogP contribution in [0.15, 0.2) is 18.3 Å². The second kappa shape index (κ2) is 5.63. The van der Waals surface area contributed by atoms with Crippen LogP contribution in [0.4, 0.5) is 0 Å². The van der Waals surface area contributed by atoms with Gasteiger partial charge in [0.05, 0.1) is 20.2 Å². The normalized spacial score (nSPS) is 16.8. The van der Waals surface area contributed by atoms with E-state index in [1.807, 2.05) is 17.0 Å². The van der Waals surface area contributed by atoms with Crippen LogP contribution in [0.1, 0.15) is 12.0 Å². The lowest BCUT2D eigenvalue weighted by atomic mass is 10.2. The van der Waals surface area contributed by atoms with E-state index in [0.717, 1.165) is 25.1 Å². The minimum atomic E-state index is 0.133. The number of nitrogens with zero attached hydrogens (tertiary/aromatic N) is 2. The van der Waals surface area contributed by atoms with Crippen molar-refractivity contribution in [3.8, 4) is 5.88 Å². The zero-order valence-electron chi connectivity index (χ0n) is 9.98. The first-order valence-electron chi connectivity index (χ1n) is 5.77. The summed E-state index contributed by atoms with van der Waals surface area (Å²) in [6.45, 7) is 2.66. The Labute approximate surface area is 101 Å². The molecule has 0 bridgehead atoms. The van der Waals surface area contributed by atoms with E-state index >= 15 is 0 Å². The number of pyridine rings is 1. The smallest absolute Gasteiger partial charge is 0.236 e. The van der Waals surface area contributed by atoms with Gasteiger partial charge in [0.1, 0.15) is 0 Å². The van der Waals surface area contributed by atoms with Gasteiger partial charge in [0.2, 0.25) is 11.8 Å². The Morgan fingerprint density at radius 2 is 2.47 bits per heavy atom. The van der Waals surface area contributed by atoms with E-state index in [1.165, 1.54) is 0 Å². The maximum atomic E-state index is 11.8. The molecule has 0 saturated carbocycles. The Morgan fingerprint density at radius 3 is 3.29 bits per heavy atom. The quantitative estimate of drug-likeness (QED) is 0.824. The van der Waals surface area contributed by atoms with Crippen LogP contribution >= 0.6 is 0 Å². The van der Waals surface area contributed by atoms with Crippen molar-refractivity contribution in [2.45, 2.75) is 13.0 Å². The minimum Gasteiger partial charge on any atom is -0.481 e. The molecule has 0 aromatic carbocycles. The number of amides is 1. The number of nitrogens with one attached hydrogen (secondary N) is 1. The van der Waals surface area contributed by atoms with Crippen molar-refractivity contribution in [3.05, 3.63) is 23.9 Å². The van der Waals surface area contributed by atoms with Crippen LogP contribution < -0.4 is 10.1 Å². The van der Waals surface area contributed by atoms with E-state index in [0.29, 0.717) is 19.0 Å². The Morgan fingerprint density at radius 1 is 1.59 bits per heavy atom. The number of hydrogen-bond acceptors (Lipinski definition) is 4. The van der Waals surface area contributed by atoms with Gasteiger partial charge in [-0.1, -0.05) is 6.07 Å². The number of carbonyl (C=O) groups excluding carboxylic acids is 1. The molecule has 5 nitrogen and oxygen atoms in total. The Kier molecular flexibility index (Phi) is 3.93. The van der Waals surface area contributed by atoms with Gasteiger partial charge >= 0.3 is 0 Å². The van der Waals surface area contributed by atoms with Crippen LogP contribution in [0, 0.1) is 0 Å². The number of ether oxygens (including phenoxy) is 1. The largest absolute Gasteiger partial charge is 0.481 e. The van der Waals surface area contributed by atoms with E-state index in [1.54, 1.807) is 13.3 Å². The molecule has 17 heavy (non-hydrogen) atoms. The molecule has 1 saturated heterocycles. The number of carbonyl (C=O) groups is 1. The van der Waals surface area contributed by atoms with Crippen LogP contribution in [0.3, 0.4) is 0 Å². The summed E-state index contributed by atoms with van der Waals surface area (Å²) >= 11 is 0. The molecular weight excluding hydrogens is 218 g/mol. The molecule has 1 amide bonds. The average molecular weight is 235 g/mol. The highest BCUT2D eigenvalue weighted by Gasteiger charge is 2.17. The van der Waals surface area contributed by atoms with Gasteiger partial charge in [-0.15, -0.1) is 0 Å². The molecule has 1 aromatic rings. The fourth-order valence-corrected chi connectivity index (χ4v) is 1.93. The lowest BCUT2D eigenvalue weighted by Crippen LogP contribution is -2.34. The summed E-state index contributed by atoms with van der Waals surface area (Å²) in [5, 5.41) is 3.10. The van der Waals surface area contributed by atoms with Crippen molar-refractivity contribution in [2.75, 3.05) is 26.7 Å². The van der Waals surface area contributed by atoms with Gasteiger partial charge in [-0.3, -0.25) is 4.79 Å². The molecule has 0 radical (unpaired) electrons. The van der Waals surface area contributed by atoms with Gasteiger partial charge in [0.15, 0.2) is 0 Å². The van der Waals surface area contributed by atoms with Crippen molar-refractivity contribution in [3.63, 3.8) is 0 Å². The van der Waals surface area contributed by atoms with Gasteiger partial charge in [-0.05, 0) is 19.0 Å². The minimum absolute atomic E-state index is 0.133. The van der Waals surface area contributed by atoms with E-state index in [2.05, 4.69) is 10.3 Å². The Balaban J connectivity index is 2.10.